The van der Waals surface area contributed by atoms with Gasteiger partial charge in [0.2, 0.25) is 82.8 Å². The van der Waals surface area contributed by atoms with E-state index in [2.05, 4.69) is 69.1 Å². The highest BCUT2D eigenvalue weighted by atomic mass is 32.2. The van der Waals surface area contributed by atoms with Crippen LogP contribution in [0.5, 0.6) is 5.75 Å². The van der Waals surface area contributed by atoms with E-state index in [1.165, 1.54) is 90.6 Å². The first-order valence-corrected chi connectivity index (χ1v) is 44.7. The quantitative estimate of drug-likeness (QED) is 0.0236. The molecule has 6 heterocycles. The van der Waals surface area contributed by atoms with E-state index in [1.807, 2.05) is 16.7 Å². The lowest BCUT2D eigenvalue weighted by Crippen LogP contribution is -2.56. The summed E-state index contributed by atoms with van der Waals surface area (Å²) in [5.41, 5.74) is 25.0. The third-order valence-corrected chi connectivity index (χ3v) is 24.4. The summed E-state index contributed by atoms with van der Waals surface area (Å²) < 4.78 is 6.04. The fraction of sp³-hybridized carbons (Fsp3) is 0.389. The Morgan fingerprint density at radius 2 is 1.22 bits per heavy atom. The standard InChI is InChI=1S/C90H106N22O20S/c1-3-46(2)76-86(129)105-64(8-4-6-26-91)83(126)98-43-73(117)102-68(78(94)121)45-133-44-47-32-52(81(124)107-76)34-55(33-47)100-72(116)42-97-80(123)49-24-30-112(31-25-49)90-109-88(101-54-12-16-58(61(36-54)87(130)131)75-59-17-14-56(113)38-69(59)132-70-39-57(114)15-18-60(70)75)108-89(110-90)111-28-22-48(23-29-111)79(122)96-41-71(115)99-53-13-19-63-62(37-53)82(125)103-66(20-21-74(118)119)85(128)104-65(9-5-7-27-92)84(127)106-67-35-50(77(93)120)10-11-51(67)40-95-63/h10-19,32-39,46,48-49,64-66,68,76,95,113H,3-9,20-31,40-45,91-92H2,1-2H3,(H2,93,120)(H2,94,121)(H,96,122)(H,97,123)(H,98,126)(H,99,115)(H,100,116)(H,102,117)(H,103,125)(H,104,128)(H,105,129)(H,106,127)(H,107,124)(H,118,119)(H,130,131)(H,101,108,109,110)/t46-,64-,65-,66-,68-,76-/m0/s1. The van der Waals surface area contributed by atoms with Gasteiger partial charge in [-0.1, -0.05) is 32.4 Å². The van der Waals surface area contributed by atoms with Crippen molar-refractivity contribution in [1.82, 2.24) is 57.5 Å². The van der Waals surface area contributed by atoms with Crippen LogP contribution in [0.2, 0.25) is 0 Å². The molecule has 0 saturated carbocycles. The number of benzene rings is 6. The number of carbonyl (C=O) groups excluding carboxylic acids is 13. The number of nitrogens with two attached hydrogens (primary N) is 4. The molecular formula is C90H106N22O20S. The van der Waals surface area contributed by atoms with E-state index in [9.17, 15) is 92.0 Å². The number of aromatic carboxylic acids is 1. The first kappa shape index (κ1) is 97.2. The second-order valence-corrected chi connectivity index (χ2v) is 33.8. The van der Waals surface area contributed by atoms with Gasteiger partial charge in [-0.15, -0.1) is 0 Å². The molecule has 43 heteroatoms. The number of hydrogen-bond donors (Lipinski definition) is 20. The van der Waals surface area contributed by atoms with Gasteiger partial charge in [-0.3, -0.25) is 71.9 Å². The second-order valence-electron chi connectivity index (χ2n) is 32.8. The van der Waals surface area contributed by atoms with Crippen LogP contribution in [0, 0.1) is 17.8 Å². The minimum absolute atomic E-state index is 0.0263. The highest BCUT2D eigenvalue weighted by Gasteiger charge is 2.36. The lowest BCUT2D eigenvalue weighted by atomic mass is 9.90. The molecule has 6 aromatic rings. The number of phenolic OH excluding ortho intramolecular Hbond substituents is 1. The zero-order valence-corrected chi connectivity index (χ0v) is 73.7. The maximum absolute atomic E-state index is 14.4. The van der Waals surface area contributed by atoms with Crippen LogP contribution in [0.15, 0.2) is 118 Å². The molecule has 0 unspecified atom stereocenters. The minimum Gasteiger partial charge on any atom is -0.508 e. The van der Waals surface area contributed by atoms with E-state index in [4.69, 9.17) is 42.3 Å². The Balaban J connectivity index is 0.738. The molecule has 1 aliphatic carbocycles. The molecule has 24 N–H and O–H groups in total. The molecule has 6 atom stereocenters. The summed E-state index contributed by atoms with van der Waals surface area (Å²) in [7, 11) is 0. The number of carbonyl (C=O) groups is 15. The number of aliphatic carboxylic acids is 1. The van der Waals surface area contributed by atoms with Gasteiger partial charge in [0.25, 0.3) is 11.8 Å². The van der Waals surface area contributed by atoms with Crippen molar-refractivity contribution >= 4 is 158 Å². The Hall–Kier alpha value is -14.9. The minimum atomic E-state index is -1.49. The largest absolute Gasteiger partial charge is 0.508 e. The number of nitrogens with zero attached hydrogens (tertiary/aromatic N) is 5. The number of amides is 13. The Morgan fingerprint density at radius 1 is 0.586 bits per heavy atom. The van der Waals surface area contributed by atoms with Gasteiger partial charge in [-0.25, -0.2) is 4.79 Å². The molecule has 0 radical (unpaired) electrons. The lowest BCUT2D eigenvalue weighted by molar-refractivity contribution is -0.137. The molecular weight excluding hydrogens is 1740 g/mol. The van der Waals surface area contributed by atoms with Crippen LogP contribution in [-0.4, -0.2) is 214 Å². The van der Waals surface area contributed by atoms with Crippen molar-refractivity contribution in [3.05, 3.63) is 153 Å². The summed E-state index contributed by atoms with van der Waals surface area (Å²) in [4.78, 5) is 235. The second kappa shape index (κ2) is 45.1. The summed E-state index contributed by atoms with van der Waals surface area (Å²) in [5, 5.41) is 67.4. The molecule has 0 spiro atoms. The van der Waals surface area contributed by atoms with Crippen LogP contribution in [-0.2, 0) is 65.0 Å². The number of piperidine rings is 2. The van der Waals surface area contributed by atoms with E-state index in [0.717, 1.165) is 0 Å². The van der Waals surface area contributed by atoms with Gasteiger partial charge in [0, 0.05) is 131 Å². The van der Waals surface area contributed by atoms with Gasteiger partial charge in [0.1, 0.15) is 47.3 Å². The number of hydrogen-bond acceptors (Lipinski definition) is 28. The predicted molar refractivity (Wildman–Crippen MR) is 492 cm³/mol. The van der Waals surface area contributed by atoms with Crippen LogP contribution >= 0.6 is 11.8 Å². The molecule has 2 fully saturated rings. The summed E-state index contributed by atoms with van der Waals surface area (Å²) in [6.45, 7) is 3.28. The van der Waals surface area contributed by atoms with Gasteiger partial charge in [-0.05, 0) is 191 Å². The highest BCUT2D eigenvalue weighted by molar-refractivity contribution is 7.98. The normalized spacial score (nSPS) is 18.3. The number of thioether (sulfide) groups is 1. The monoisotopic (exact) mass is 1850 g/mol. The number of unbranched alkanes of at least 4 members (excludes halogenated alkanes) is 2. The van der Waals surface area contributed by atoms with Gasteiger partial charge in [0.05, 0.1) is 30.8 Å². The molecule has 12 rings (SSSR count). The summed E-state index contributed by atoms with van der Waals surface area (Å²) in [5.74, 6) is -13.2. The first-order valence-electron chi connectivity index (χ1n) is 43.6. The fourth-order valence-corrected chi connectivity index (χ4v) is 16.8. The molecule has 702 valence electrons. The van der Waals surface area contributed by atoms with Gasteiger partial charge in [-0.2, -0.15) is 26.7 Å². The van der Waals surface area contributed by atoms with Gasteiger partial charge < -0.3 is 122 Å². The number of carboxylic acid groups (broad SMARTS) is 2. The molecule has 6 aliphatic rings. The van der Waals surface area contributed by atoms with Crippen molar-refractivity contribution in [2.75, 3.05) is 101 Å². The molecule has 5 aromatic carbocycles. The van der Waals surface area contributed by atoms with Crippen LogP contribution in [0.1, 0.15) is 150 Å². The maximum atomic E-state index is 14.4. The van der Waals surface area contributed by atoms with E-state index < -0.39 is 169 Å². The summed E-state index contributed by atoms with van der Waals surface area (Å²) >= 11 is 1.17. The molecule has 2 bridgehead atoms. The van der Waals surface area contributed by atoms with Crippen molar-refractivity contribution in [3.63, 3.8) is 0 Å². The highest BCUT2D eigenvalue weighted by Crippen LogP contribution is 2.43. The topological polar surface area (TPSA) is 653 Å². The predicted octanol–water partition coefficient (Wildman–Crippen LogP) is 3.17. The van der Waals surface area contributed by atoms with Crippen molar-refractivity contribution in [1.29, 1.82) is 0 Å². The average Bonchev–Trinajstić information content (AvgIpc) is 0.745. The zero-order chi connectivity index (χ0) is 95.3. The third kappa shape index (κ3) is 25.8. The number of fused-ring (bicyclic) bond motifs is 6. The molecule has 1 aromatic heterocycles. The van der Waals surface area contributed by atoms with Crippen molar-refractivity contribution in [2.45, 2.75) is 140 Å². The maximum Gasteiger partial charge on any atom is 0.336 e. The number of carboxylic acids is 2. The van der Waals surface area contributed by atoms with Crippen LogP contribution in [0.3, 0.4) is 0 Å². The molecule has 5 aliphatic heterocycles. The number of nitrogens with one attached hydrogen (secondary N) is 13. The van der Waals surface area contributed by atoms with E-state index in [0.29, 0.717) is 66.3 Å². The Labute approximate surface area is 765 Å². The number of aromatic nitrogens is 3. The number of phenols is 1. The average molecular weight is 1850 g/mol. The molecule has 2 saturated heterocycles. The number of aromatic hydroxyl groups is 1. The fourth-order valence-electron chi connectivity index (χ4n) is 15.8. The van der Waals surface area contributed by atoms with Gasteiger partial charge in [0.15, 0.2) is 5.43 Å². The van der Waals surface area contributed by atoms with E-state index >= 15 is 0 Å². The van der Waals surface area contributed by atoms with E-state index in [-0.39, 0.29) is 186 Å². The smallest absolute Gasteiger partial charge is 0.336 e. The van der Waals surface area contributed by atoms with Crippen molar-refractivity contribution in [3.8, 4) is 28.2 Å². The first-order chi connectivity index (χ1) is 63.8. The van der Waals surface area contributed by atoms with Gasteiger partial charge >= 0.3 is 11.9 Å². The van der Waals surface area contributed by atoms with Crippen molar-refractivity contribution in [2.24, 2.45) is 40.7 Å². The Bertz CT molecular complexity index is 5820. The van der Waals surface area contributed by atoms with Crippen molar-refractivity contribution < 1.29 is 91.7 Å². The number of anilines is 8. The SMILES string of the molecule is CC[C@H](C)[C@@H]1NC(=O)c2cc(cc(NC(=O)CNC(=O)C3CCN(c4nc(Nc5ccc(-c6c7ccc(=O)cc-7oc7cc(O)ccc67)c(C(=O)O)c5)nc(N5CCC(C(=O)NCC(=O)Nc6ccc7c(c6)C(=O)N[C@@H](CCC(=O)O)C(=O)N[C@@H](CCCCN)C(=O)Nc6cc(C(N)=O)ccc6CN7)CC5)n4)CC3)c2)CSC[C@@H](C(N)=O)NC(=O)CNC(=O)[C@H](CCCCN)NC1=O. The molecule has 42 nitrogen and oxygen atoms in total. The lowest BCUT2D eigenvalue weighted by Gasteiger charge is -2.34. The van der Waals surface area contributed by atoms with Crippen LogP contribution < -0.4 is 107 Å². The summed E-state index contributed by atoms with van der Waals surface area (Å²) in [6.07, 6.45) is 2.45. The number of rotatable bonds is 29. The summed E-state index contributed by atoms with van der Waals surface area (Å²) in [6, 6.07) is 19.9. The zero-order valence-electron chi connectivity index (χ0n) is 72.9. The molecule has 133 heavy (non-hydrogen) atoms. The van der Waals surface area contributed by atoms with Crippen LogP contribution in [0.25, 0.3) is 33.4 Å². The number of primary amides is 2. The Morgan fingerprint density at radius 3 is 1.85 bits per heavy atom. The van der Waals surface area contributed by atoms with E-state index in [1.54, 1.807) is 37.3 Å². The third-order valence-electron chi connectivity index (χ3n) is 23.3. The molecule has 13 amide bonds. The van der Waals surface area contributed by atoms with Crippen LogP contribution in [0.4, 0.5) is 46.3 Å². The Kier molecular flexibility index (Phi) is 33.0.